The predicted octanol–water partition coefficient (Wildman–Crippen LogP) is 2.20. The van der Waals surface area contributed by atoms with E-state index in [0.29, 0.717) is 18.3 Å². The molecule has 0 fully saturated rings. The lowest BCUT2D eigenvalue weighted by atomic mass is 10.0. The van der Waals surface area contributed by atoms with Crippen LogP contribution in [0.2, 0.25) is 0 Å². The van der Waals surface area contributed by atoms with Crippen molar-refractivity contribution in [2.75, 3.05) is 0 Å². The molecule has 20 heavy (non-hydrogen) atoms. The van der Waals surface area contributed by atoms with Crippen LogP contribution in [0.4, 0.5) is 0 Å². The summed E-state index contributed by atoms with van der Waals surface area (Å²) < 4.78 is 0. The summed E-state index contributed by atoms with van der Waals surface area (Å²) in [4.78, 5) is 21.7. The molecule has 5 heteroatoms. The maximum absolute atomic E-state index is 10.9. The first kappa shape index (κ1) is 13.6. The van der Waals surface area contributed by atoms with Crippen molar-refractivity contribution in [1.82, 2.24) is 0 Å². The number of aldehydes is 1. The maximum Gasteiger partial charge on any atom is 0.339 e. The molecular weight excluding hydrogens is 260 g/mol. The number of phenols is 2. The number of carbonyl (C=O) groups excluding carboxylic acids is 1. The largest absolute Gasteiger partial charge is 0.507 e. The van der Waals surface area contributed by atoms with E-state index >= 15 is 0 Å². The predicted molar refractivity (Wildman–Crippen MR) is 71.4 cm³/mol. The van der Waals surface area contributed by atoms with Crippen LogP contribution in [0.25, 0.3) is 0 Å². The average Bonchev–Trinajstić information content (AvgIpc) is 2.42. The highest BCUT2D eigenvalue weighted by atomic mass is 16.4. The van der Waals surface area contributed by atoms with Crippen molar-refractivity contribution < 1.29 is 24.9 Å². The van der Waals surface area contributed by atoms with E-state index in [2.05, 4.69) is 0 Å². The Labute approximate surface area is 114 Å². The van der Waals surface area contributed by atoms with E-state index in [4.69, 9.17) is 5.11 Å². The Kier molecular flexibility index (Phi) is 3.70. The lowest BCUT2D eigenvalue weighted by Crippen LogP contribution is -1.99. The molecule has 0 aliphatic heterocycles. The first-order valence-electron chi connectivity index (χ1n) is 5.83. The lowest BCUT2D eigenvalue weighted by Gasteiger charge is -2.06. The van der Waals surface area contributed by atoms with E-state index < -0.39 is 5.97 Å². The van der Waals surface area contributed by atoms with Gasteiger partial charge in [-0.1, -0.05) is 12.1 Å². The molecule has 0 bridgehead atoms. The quantitative estimate of drug-likeness (QED) is 0.742. The van der Waals surface area contributed by atoms with Crippen molar-refractivity contribution in [2.24, 2.45) is 0 Å². The third-order valence-corrected chi connectivity index (χ3v) is 2.92. The Morgan fingerprint density at radius 3 is 2.20 bits per heavy atom. The highest BCUT2D eigenvalue weighted by Crippen LogP contribution is 2.22. The third kappa shape index (κ3) is 2.77. The van der Waals surface area contributed by atoms with Crippen molar-refractivity contribution in [3.63, 3.8) is 0 Å². The van der Waals surface area contributed by atoms with Crippen LogP contribution in [0.5, 0.6) is 11.5 Å². The van der Waals surface area contributed by atoms with Gasteiger partial charge in [0.05, 0.1) is 5.56 Å². The van der Waals surface area contributed by atoms with Crippen molar-refractivity contribution in [3.05, 3.63) is 58.7 Å². The van der Waals surface area contributed by atoms with Gasteiger partial charge in [-0.15, -0.1) is 0 Å². The van der Waals surface area contributed by atoms with E-state index in [1.54, 1.807) is 12.1 Å². The summed E-state index contributed by atoms with van der Waals surface area (Å²) in [5.41, 5.74) is 1.45. The van der Waals surface area contributed by atoms with E-state index in [-0.39, 0.29) is 22.6 Å². The Hall–Kier alpha value is -2.82. The van der Waals surface area contributed by atoms with Gasteiger partial charge >= 0.3 is 5.97 Å². The number of carbonyl (C=O) groups is 2. The number of rotatable bonds is 4. The number of aromatic carboxylic acids is 1. The molecular formula is C15H12O5. The Balaban J connectivity index is 2.32. The minimum Gasteiger partial charge on any atom is -0.507 e. The summed E-state index contributed by atoms with van der Waals surface area (Å²) in [6.45, 7) is 0. The fraction of sp³-hybridized carbons (Fsp3) is 0.0667. The fourth-order valence-electron chi connectivity index (χ4n) is 1.91. The number of aromatic hydroxyl groups is 2. The van der Waals surface area contributed by atoms with E-state index in [0.717, 1.165) is 5.56 Å². The van der Waals surface area contributed by atoms with Crippen molar-refractivity contribution in [3.8, 4) is 11.5 Å². The zero-order chi connectivity index (χ0) is 14.7. The first-order valence-corrected chi connectivity index (χ1v) is 5.83. The molecule has 0 heterocycles. The Bertz CT molecular complexity index is 676. The maximum atomic E-state index is 10.9. The fourth-order valence-corrected chi connectivity index (χ4v) is 1.91. The van der Waals surface area contributed by atoms with Crippen LogP contribution in [-0.4, -0.2) is 27.6 Å². The number of carboxylic acids is 1. The summed E-state index contributed by atoms with van der Waals surface area (Å²) >= 11 is 0. The van der Waals surface area contributed by atoms with Gasteiger partial charge in [0.15, 0.2) is 6.29 Å². The van der Waals surface area contributed by atoms with Crippen molar-refractivity contribution in [2.45, 2.75) is 6.42 Å². The molecule has 0 amide bonds. The summed E-state index contributed by atoms with van der Waals surface area (Å²) in [5.74, 6) is -1.59. The molecule has 0 spiro atoms. The molecule has 3 N–H and O–H groups in total. The highest BCUT2D eigenvalue weighted by Gasteiger charge is 2.11. The lowest BCUT2D eigenvalue weighted by molar-refractivity contribution is 0.0693. The summed E-state index contributed by atoms with van der Waals surface area (Å²) in [7, 11) is 0. The summed E-state index contributed by atoms with van der Waals surface area (Å²) in [6, 6.07) is 8.91. The van der Waals surface area contributed by atoms with E-state index in [9.17, 15) is 19.8 Å². The molecule has 5 nitrogen and oxygen atoms in total. The van der Waals surface area contributed by atoms with Crippen molar-refractivity contribution >= 4 is 12.3 Å². The standard InChI is InChI=1S/C15H12O5/c16-8-11-6-9(1-3-13(11)17)5-10-2-4-14(18)12(7-10)15(19)20/h1-4,6-8,17-18H,5H2,(H,19,20). The smallest absolute Gasteiger partial charge is 0.339 e. The molecule has 2 aromatic carbocycles. The normalized spacial score (nSPS) is 10.2. The second-order valence-electron chi connectivity index (χ2n) is 4.34. The minimum absolute atomic E-state index is 0.0966. The molecule has 2 aromatic rings. The van der Waals surface area contributed by atoms with Crippen LogP contribution in [0.15, 0.2) is 36.4 Å². The van der Waals surface area contributed by atoms with Crippen LogP contribution in [0.3, 0.4) is 0 Å². The number of hydrogen-bond donors (Lipinski definition) is 3. The molecule has 0 radical (unpaired) electrons. The minimum atomic E-state index is -1.20. The van der Waals surface area contributed by atoms with Gasteiger partial charge in [0.1, 0.15) is 17.1 Å². The zero-order valence-electron chi connectivity index (χ0n) is 10.4. The Morgan fingerprint density at radius 1 is 1.00 bits per heavy atom. The first-order chi connectivity index (χ1) is 9.51. The van der Waals surface area contributed by atoms with E-state index in [1.807, 2.05) is 0 Å². The molecule has 0 aliphatic carbocycles. The van der Waals surface area contributed by atoms with Gasteiger partial charge in [-0.3, -0.25) is 4.79 Å². The topological polar surface area (TPSA) is 94.8 Å². The number of benzene rings is 2. The average molecular weight is 272 g/mol. The van der Waals surface area contributed by atoms with E-state index in [1.165, 1.54) is 24.3 Å². The van der Waals surface area contributed by atoms with Crippen LogP contribution >= 0.6 is 0 Å². The summed E-state index contributed by atoms with van der Waals surface area (Å²) in [6.07, 6.45) is 0.944. The van der Waals surface area contributed by atoms with Crippen LogP contribution < -0.4 is 0 Å². The second kappa shape index (κ2) is 5.44. The van der Waals surface area contributed by atoms with Crippen LogP contribution in [0, 0.1) is 0 Å². The van der Waals surface area contributed by atoms with Gasteiger partial charge in [0.2, 0.25) is 0 Å². The van der Waals surface area contributed by atoms with Crippen LogP contribution in [-0.2, 0) is 6.42 Å². The van der Waals surface area contributed by atoms with Gasteiger partial charge in [0.25, 0.3) is 0 Å². The molecule has 0 aromatic heterocycles. The van der Waals surface area contributed by atoms with Gasteiger partial charge < -0.3 is 15.3 Å². The van der Waals surface area contributed by atoms with Gasteiger partial charge in [0, 0.05) is 0 Å². The molecule has 0 saturated heterocycles. The highest BCUT2D eigenvalue weighted by molar-refractivity contribution is 5.91. The number of hydrogen-bond acceptors (Lipinski definition) is 4. The Morgan fingerprint density at radius 2 is 1.60 bits per heavy atom. The van der Waals surface area contributed by atoms with Gasteiger partial charge in [-0.2, -0.15) is 0 Å². The summed E-state index contributed by atoms with van der Waals surface area (Å²) in [5, 5.41) is 27.8. The molecule has 2 rings (SSSR count). The van der Waals surface area contributed by atoms with Crippen LogP contribution in [0.1, 0.15) is 31.8 Å². The molecule has 0 saturated carbocycles. The molecule has 102 valence electrons. The number of carboxylic acid groups (broad SMARTS) is 1. The number of phenolic OH excluding ortho intramolecular Hbond substituents is 1. The second-order valence-corrected chi connectivity index (χ2v) is 4.34. The van der Waals surface area contributed by atoms with Crippen molar-refractivity contribution in [1.29, 1.82) is 0 Å². The van der Waals surface area contributed by atoms with Gasteiger partial charge in [-0.05, 0) is 41.8 Å². The molecule has 0 aliphatic rings. The third-order valence-electron chi connectivity index (χ3n) is 2.92. The monoisotopic (exact) mass is 272 g/mol. The SMILES string of the molecule is O=Cc1cc(Cc2ccc(O)c(C(=O)O)c2)ccc1O. The molecule has 0 atom stereocenters. The zero-order valence-corrected chi connectivity index (χ0v) is 10.4. The molecule has 0 unspecified atom stereocenters. The van der Waals surface area contributed by atoms with Gasteiger partial charge in [-0.25, -0.2) is 4.79 Å².